The Morgan fingerprint density at radius 1 is 1.30 bits per heavy atom. The van der Waals surface area contributed by atoms with Gasteiger partial charge < -0.3 is 4.74 Å². The Hall–Kier alpha value is -0.730. The second kappa shape index (κ2) is 7.33. The molecule has 0 radical (unpaired) electrons. The first-order valence-electron chi connectivity index (χ1n) is 7.14. The molecule has 0 heterocycles. The number of ether oxygens (including phenoxy) is 1. The van der Waals surface area contributed by atoms with Gasteiger partial charge in [-0.05, 0) is 30.0 Å². The molecular weight excluding hydrogens is 295 g/mol. The van der Waals surface area contributed by atoms with E-state index in [1.807, 2.05) is 6.07 Å². The molecule has 1 aromatic rings. The number of rotatable bonds is 4. The average molecular weight is 315 g/mol. The van der Waals surface area contributed by atoms with Crippen LogP contribution >= 0.6 is 23.2 Å². The van der Waals surface area contributed by atoms with E-state index in [1.54, 1.807) is 12.1 Å². The quantitative estimate of drug-likeness (QED) is 0.712. The summed E-state index contributed by atoms with van der Waals surface area (Å²) in [5.74, 6) is 0.0901. The summed E-state index contributed by atoms with van der Waals surface area (Å²) in [5, 5.41) is 1.13. The normalized spacial score (nSPS) is 17.8. The number of carbonyl (C=O) groups excluding carboxylic acids is 1. The Balaban J connectivity index is 2.20. The van der Waals surface area contributed by atoms with Crippen LogP contribution in [0.5, 0.6) is 0 Å². The van der Waals surface area contributed by atoms with Gasteiger partial charge in [-0.25, -0.2) is 0 Å². The lowest BCUT2D eigenvalue weighted by Crippen LogP contribution is -2.20. The number of halogens is 2. The van der Waals surface area contributed by atoms with Crippen LogP contribution < -0.4 is 0 Å². The van der Waals surface area contributed by atoms with E-state index >= 15 is 0 Å². The van der Waals surface area contributed by atoms with Crippen molar-refractivity contribution in [3.05, 3.63) is 33.8 Å². The van der Waals surface area contributed by atoms with Crippen LogP contribution in [0.15, 0.2) is 18.2 Å². The number of methoxy groups -OCH3 is 1. The van der Waals surface area contributed by atoms with Crippen LogP contribution in [-0.2, 0) is 9.53 Å². The van der Waals surface area contributed by atoms with Gasteiger partial charge >= 0.3 is 5.97 Å². The summed E-state index contributed by atoms with van der Waals surface area (Å²) >= 11 is 12.2. The fourth-order valence-electron chi connectivity index (χ4n) is 3.03. The topological polar surface area (TPSA) is 26.3 Å². The number of benzene rings is 1. The van der Waals surface area contributed by atoms with Crippen molar-refractivity contribution < 1.29 is 9.53 Å². The van der Waals surface area contributed by atoms with Gasteiger partial charge in [0.05, 0.1) is 13.0 Å². The van der Waals surface area contributed by atoms with Gasteiger partial charge in [0, 0.05) is 10.0 Å². The van der Waals surface area contributed by atoms with Gasteiger partial charge in [-0.15, -0.1) is 0 Å². The molecule has 0 bridgehead atoms. The zero-order chi connectivity index (χ0) is 14.5. The zero-order valence-corrected chi connectivity index (χ0v) is 13.2. The van der Waals surface area contributed by atoms with Crippen molar-refractivity contribution >= 4 is 29.2 Å². The predicted molar refractivity (Wildman–Crippen MR) is 82.4 cm³/mol. The lowest BCUT2D eigenvalue weighted by atomic mass is 9.80. The third kappa shape index (κ3) is 3.89. The molecule has 0 amide bonds. The molecule has 0 saturated heterocycles. The zero-order valence-electron chi connectivity index (χ0n) is 11.7. The van der Waals surface area contributed by atoms with Gasteiger partial charge in [0.15, 0.2) is 0 Å². The Labute approximate surface area is 130 Å². The molecule has 2 rings (SSSR count). The minimum atomic E-state index is -0.284. The summed E-state index contributed by atoms with van der Waals surface area (Å²) in [4.78, 5) is 12.1. The summed E-state index contributed by atoms with van der Waals surface area (Å²) < 4.78 is 4.96. The Morgan fingerprint density at radius 3 is 2.60 bits per heavy atom. The largest absolute Gasteiger partial charge is 0.469 e. The number of carbonyl (C=O) groups is 1. The lowest BCUT2D eigenvalue weighted by molar-refractivity contribution is -0.143. The van der Waals surface area contributed by atoms with Gasteiger partial charge in [0.2, 0.25) is 0 Å². The van der Waals surface area contributed by atoms with E-state index < -0.39 is 0 Å². The van der Waals surface area contributed by atoms with Crippen LogP contribution in [0.2, 0.25) is 10.0 Å². The number of esters is 1. The second-order valence-corrected chi connectivity index (χ2v) is 6.32. The summed E-state index contributed by atoms with van der Waals surface area (Å²) in [6.07, 6.45) is 7.02. The van der Waals surface area contributed by atoms with Crippen molar-refractivity contribution in [2.45, 2.75) is 44.4 Å². The summed E-state index contributed by atoms with van der Waals surface area (Å²) in [7, 11) is 1.43. The van der Waals surface area contributed by atoms with Crippen molar-refractivity contribution in [2.75, 3.05) is 7.11 Å². The highest BCUT2D eigenvalue weighted by Crippen LogP contribution is 2.36. The molecule has 20 heavy (non-hydrogen) atoms. The Kier molecular flexibility index (Phi) is 5.74. The predicted octanol–water partition coefficient (Wildman–Crippen LogP) is 5.22. The molecule has 1 fully saturated rings. The van der Waals surface area contributed by atoms with E-state index in [1.165, 1.54) is 39.2 Å². The van der Waals surface area contributed by atoms with Gasteiger partial charge in [-0.1, -0.05) is 61.4 Å². The van der Waals surface area contributed by atoms with Crippen molar-refractivity contribution in [3.8, 4) is 0 Å². The SMILES string of the molecule is COC(=O)C(CC1CCCCC1)c1ccc(Cl)cc1Cl. The van der Waals surface area contributed by atoms with E-state index in [2.05, 4.69) is 0 Å². The maximum atomic E-state index is 12.1. The lowest BCUT2D eigenvalue weighted by Gasteiger charge is -2.26. The van der Waals surface area contributed by atoms with Crippen LogP contribution in [0.3, 0.4) is 0 Å². The molecule has 1 saturated carbocycles. The monoisotopic (exact) mass is 314 g/mol. The minimum absolute atomic E-state index is 0.209. The van der Waals surface area contributed by atoms with E-state index in [-0.39, 0.29) is 11.9 Å². The van der Waals surface area contributed by atoms with Crippen molar-refractivity contribution in [1.29, 1.82) is 0 Å². The first-order valence-corrected chi connectivity index (χ1v) is 7.90. The molecule has 4 heteroatoms. The van der Waals surface area contributed by atoms with E-state index in [0.717, 1.165) is 12.0 Å². The Bertz CT molecular complexity index is 468. The first-order chi connectivity index (χ1) is 9.61. The van der Waals surface area contributed by atoms with Gasteiger partial charge in [-0.2, -0.15) is 0 Å². The number of hydrogen-bond donors (Lipinski definition) is 0. The summed E-state index contributed by atoms with van der Waals surface area (Å²) in [5.41, 5.74) is 0.827. The molecule has 2 nitrogen and oxygen atoms in total. The molecule has 110 valence electrons. The average Bonchev–Trinajstić information content (AvgIpc) is 2.46. The van der Waals surface area contributed by atoms with E-state index in [9.17, 15) is 4.79 Å². The maximum Gasteiger partial charge on any atom is 0.313 e. The van der Waals surface area contributed by atoms with Crippen LogP contribution in [-0.4, -0.2) is 13.1 Å². The van der Waals surface area contributed by atoms with Crippen LogP contribution in [0.4, 0.5) is 0 Å². The molecule has 0 aliphatic heterocycles. The highest BCUT2D eigenvalue weighted by molar-refractivity contribution is 6.35. The van der Waals surface area contributed by atoms with Gasteiger partial charge in [0.25, 0.3) is 0 Å². The van der Waals surface area contributed by atoms with E-state index in [4.69, 9.17) is 27.9 Å². The highest BCUT2D eigenvalue weighted by atomic mass is 35.5. The van der Waals surface area contributed by atoms with Crippen molar-refractivity contribution in [1.82, 2.24) is 0 Å². The fourth-order valence-corrected chi connectivity index (χ4v) is 3.57. The van der Waals surface area contributed by atoms with Gasteiger partial charge in [0.1, 0.15) is 0 Å². The second-order valence-electron chi connectivity index (χ2n) is 5.48. The summed E-state index contributed by atoms with van der Waals surface area (Å²) in [6, 6.07) is 5.31. The molecule has 0 spiro atoms. The first kappa shape index (κ1) is 15.7. The molecule has 1 atom stereocenters. The number of hydrogen-bond acceptors (Lipinski definition) is 2. The molecule has 1 unspecified atom stereocenters. The van der Waals surface area contributed by atoms with E-state index in [0.29, 0.717) is 16.0 Å². The van der Waals surface area contributed by atoms with Crippen LogP contribution in [0.25, 0.3) is 0 Å². The summed E-state index contributed by atoms with van der Waals surface area (Å²) in [6.45, 7) is 0. The molecule has 0 aromatic heterocycles. The molecule has 1 aliphatic rings. The molecule has 1 aliphatic carbocycles. The highest BCUT2D eigenvalue weighted by Gasteiger charge is 2.28. The smallest absolute Gasteiger partial charge is 0.313 e. The maximum absolute atomic E-state index is 12.1. The Morgan fingerprint density at radius 2 is 2.00 bits per heavy atom. The standard InChI is InChI=1S/C16H20Cl2O2/c1-20-16(19)14(9-11-5-3-2-4-6-11)13-8-7-12(17)10-15(13)18/h7-8,10-11,14H,2-6,9H2,1H3. The van der Waals surface area contributed by atoms with Crippen molar-refractivity contribution in [2.24, 2.45) is 5.92 Å². The fraction of sp³-hybridized carbons (Fsp3) is 0.562. The van der Waals surface area contributed by atoms with Crippen LogP contribution in [0, 0.1) is 5.92 Å². The third-order valence-electron chi connectivity index (χ3n) is 4.12. The minimum Gasteiger partial charge on any atom is -0.469 e. The third-order valence-corrected chi connectivity index (χ3v) is 4.68. The molecular formula is C16H20Cl2O2. The van der Waals surface area contributed by atoms with Crippen molar-refractivity contribution in [3.63, 3.8) is 0 Å². The van der Waals surface area contributed by atoms with Gasteiger partial charge in [-0.3, -0.25) is 4.79 Å². The molecule has 0 N–H and O–H groups in total. The van der Waals surface area contributed by atoms with Crippen LogP contribution in [0.1, 0.15) is 50.0 Å². The molecule has 1 aromatic carbocycles.